The Balaban J connectivity index is 2.05. The van der Waals surface area contributed by atoms with Gasteiger partial charge < -0.3 is 9.84 Å². The molecule has 0 spiro atoms. The van der Waals surface area contributed by atoms with Crippen LogP contribution in [-0.2, 0) is 9.53 Å². The molecule has 1 heterocycles. The summed E-state index contributed by atoms with van der Waals surface area (Å²) in [4.78, 5) is 10.7. The number of hydrogen-bond acceptors (Lipinski definition) is 3. The smallest absolute Gasteiger partial charge is 0.323 e. The molecule has 1 saturated heterocycles. The first-order valence-corrected chi connectivity index (χ1v) is 5.86. The molecule has 0 aromatic heterocycles. The summed E-state index contributed by atoms with van der Waals surface area (Å²) < 4.78 is 5.49. The summed E-state index contributed by atoms with van der Waals surface area (Å²) in [5.41, 5.74) is 0.885. The fourth-order valence-corrected chi connectivity index (χ4v) is 1.97. The zero-order valence-electron chi connectivity index (χ0n) is 8.82. The second-order valence-corrected chi connectivity index (χ2v) is 4.61. The van der Waals surface area contributed by atoms with Gasteiger partial charge in [0.2, 0.25) is 0 Å². The molecule has 1 aliphatic rings. The van der Waals surface area contributed by atoms with Gasteiger partial charge in [0, 0.05) is 6.54 Å². The van der Waals surface area contributed by atoms with E-state index in [2.05, 4.69) is 5.32 Å². The number of hydrogen-bond donors (Lipinski definition) is 2. The van der Waals surface area contributed by atoms with Crippen molar-refractivity contribution < 1.29 is 14.6 Å². The number of carbonyl (C=O) groups is 1. The summed E-state index contributed by atoms with van der Waals surface area (Å²) >= 11 is 11.7. The highest BCUT2D eigenvalue weighted by Crippen LogP contribution is 2.28. The van der Waals surface area contributed by atoms with Crippen LogP contribution >= 0.6 is 23.2 Å². The number of morpholine rings is 1. The van der Waals surface area contributed by atoms with Crippen molar-refractivity contribution in [1.29, 1.82) is 0 Å². The Morgan fingerprint density at radius 2 is 2.18 bits per heavy atom. The van der Waals surface area contributed by atoms with Crippen molar-refractivity contribution in [3.8, 4) is 0 Å². The zero-order chi connectivity index (χ0) is 12.4. The summed E-state index contributed by atoms with van der Waals surface area (Å²) in [7, 11) is 0. The molecule has 1 aromatic rings. The average molecular weight is 276 g/mol. The third kappa shape index (κ3) is 2.90. The average Bonchev–Trinajstić information content (AvgIpc) is 2.33. The minimum absolute atomic E-state index is 0.139. The van der Waals surface area contributed by atoms with Crippen LogP contribution in [0.4, 0.5) is 0 Å². The topological polar surface area (TPSA) is 58.6 Å². The molecule has 17 heavy (non-hydrogen) atoms. The first kappa shape index (κ1) is 12.6. The zero-order valence-corrected chi connectivity index (χ0v) is 10.3. The molecule has 1 aromatic carbocycles. The molecule has 0 unspecified atom stereocenters. The molecule has 0 saturated carbocycles. The van der Waals surface area contributed by atoms with Gasteiger partial charge in [0.05, 0.1) is 22.8 Å². The summed E-state index contributed by atoms with van der Waals surface area (Å²) in [5.74, 6) is -0.905. The van der Waals surface area contributed by atoms with E-state index < -0.39 is 12.0 Å². The Morgan fingerprint density at radius 1 is 1.41 bits per heavy atom. The lowest BCUT2D eigenvalue weighted by Crippen LogP contribution is -2.47. The lowest BCUT2D eigenvalue weighted by molar-refractivity contribution is -0.144. The predicted octanol–water partition coefficient (Wildman–Crippen LogP) is 2.11. The van der Waals surface area contributed by atoms with Crippen LogP contribution < -0.4 is 5.32 Å². The fraction of sp³-hybridized carbons (Fsp3) is 0.364. The van der Waals surface area contributed by atoms with Crippen LogP contribution in [0.3, 0.4) is 0 Å². The molecule has 0 radical (unpaired) electrons. The Hall–Kier alpha value is -0.810. The van der Waals surface area contributed by atoms with Crippen LogP contribution in [0.2, 0.25) is 10.0 Å². The number of ether oxygens (including phenoxy) is 1. The highest BCUT2D eigenvalue weighted by molar-refractivity contribution is 6.42. The molecular weight excluding hydrogens is 265 g/mol. The van der Waals surface area contributed by atoms with Crippen molar-refractivity contribution in [2.45, 2.75) is 12.1 Å². The number of carboxylic acid groups (broad SMARTS) is 1. The van der Waals surface area contributed by atoms with Crippen LogP contribution in [0.25, 0.3) is 0 Å². The van der Waals surface area contributed by atoms with E-state index in [0.717, 1.165) is 5.56 Å². The molecule has 92 valence electrons. The maximum Gasteiger partial charge on any atom is 0.323 e. The summed E-state index contributed by atoms with van der Waals surface area (Å²) in [6.45, 7) is 0.579. The Bertz CT molecular complexity index is 431. The van der Waals surface area contributed by atoms with Crippen molar-refractivity contribution in [2.24, 2.45) is 0 Å². The van der Waals surface area contributed by atoms with E-state index >= 15 is 0 Å². The number of nitrogens with one attached hydrogen (secondary N) is 1. The van der Waals surface area contributed by atoms with Crippen LogP contribution in [0.5, 0.6) is 0 Å². The highest BCUT2D eigenvalue weighted by atomic mass is 35.5. The molecule has 6 heteroatoms. The van der Waals surface area contributed by atoms with Crippen molar-refractivity contribution in [1.82, 2.24) is 5.32 Å². The maximum atomic E-state index is 10.7. The van der Waals surface area contributed by atoms with Gasteiger partial charge in [-0.1, -0.05) is 29.3 Å². The van der Waals surface area contributed by atoms with Crippen LogP contribution in [0.15, 0.2) is 18.2 Å². The molecule has 2 rings (SSSR count). The van der Waals surface area contributed by atoms with Gasteiger partial charge in [-0.05, 0) is 17.7 Å². The number of rotatable bonds is 2. The molecule has 2 atom stereocenters. The molecule has 2 N–H and O–H groups in total. The molecule has 1 aliphatic heterocycles. The number of aliphatic carboxylic acids is 1. The van der Waals surface area contributed by atoms with E-state index in [1.54, 1.807) is 12.1 Å². The molecular formula is C11H11Cl2NO3. The normalized spacial score (nSPS) is 24.6. The van der Waals surface area contributed by atoms with E-state index in [0.29, 0.717) is 16.6 Å². The van der Waals surface area contributed by atoms with Crippen molar-refractivity contribution in [2.75, 3.05) is 13.2 Å². The highest BCUT2D eigenvalue weighted by Gasteiger charge is 2.26. The molecule has 4 nitrogen and oxygen atoms in total. The van der Waals surface area contributed by atoms with E-state index in [1.807, 2.05) is 6.07 Å². The maximum absolute atomic E-state index is 10.7. The van der Waals surface area contributed by atoms with Gasteiger partial charge in [0.15, 0.2) is 0 Å². The lowest BCUT2D eigenvalue weighted by atomic mass is 10.1. The van der Waals surface area contributed by atoms with Crippen molar-refractivity contribution in [3.05, 3.63) is 33.8 Å². The molecule has 0 bridgehead atoms. The standard InChI is InChI=1S/C11H11Cl2NO3/c12-7-2-1-6(3-8(7)13)10-4-14-9(5-17-10)11(15)16/h1-3,9-10,14H,4-5H2,(H,15,16)/t9-,10-/m1/s1. The third-order valence-corrected chi connectivity index (χ3v) is 3.37. The number of benzene rings is 1. The molecule has 0 aliphatic carbocycles. The molecule has 1 fully saturated rings. The van der Waals surface area contributed by atoms with Gasteiger partial charge in [-0.2, -0.15) is 0 Å². The second kappa shape index (κ2) is 5.23. The van der Waals surface area contributed by atoms with E-state index in [9.17, 15) is 4.79 Å². The van der Waals surface area contributed by atoms with Gasteiger partial charge >= 0.3 is 5.97 Å². The first-order valence-electron chi connectivity index (χ1n) is 5.10. The molecule has 0 amide bonds. The third-order valence-electron chi connectivity index (χ3n) is 2.63. The fourth-order valence-electron chi connectivity index (χ4n) is 1.66. The van der Waals surface area contributed by atoms with Crippen molar-refractivity contribution in [3.63, 3.8) is 0 Å². The predicted molar refractivity (Wildman–Crippen MR) is 64.6 cm³/mol. The van der Waals surface area contributed by atoms with E-state index in [4.69, 9.17) is 33.0 Å². The Labute approximate surface area is 108 Å². The van der Waals surface area contributed by atoms with Gasteiger partial charge in [-0.25, -0.2) is 0 Å². The second-order valence-electron chi connectivity index (χ2n) is 3.79. The minimum atomic E-state index is -0.905. The quantitative estimate of drug-likeness (QED) is 0.868. The van der Waals surface area contributed by atoms with Crippen LogP contribution in [0.1, 0.15) is 11.7 Å². The summed E-state index contributed by atoms with van der Waals surface area (Å²) in [6.07, 6.45) is -0.194. The SMILES string of the molecule is O=C(O)[C@H]1CO[C@@H](c2ccc(Cl)c(Cl)c2)CN1. The number of halogens is 2. The summed E-state index contributed by atoms with van der Waals surface area (Å²) in [5, 5.41) is 12.6. The van der Waals surface area contributed by atoms with Gasteiger partial charge in [-0.15, -0.1) is 0 Å². The lowest BCUT2D eigenvalue weighted by Gasteiger charge is -2.28. The van der Waals surface area contributed by atoms with Gasteiger partial charge in [0.1, 0.15) is 6.04 Å². The first-order chi connectivity index (χ1) is 8.08. The largest absolute Gasteiger partial charge is 0.480 e. The Morgan fingerprint density at radius 3 is 2.71 bits per heavy atom. The minimum Gasteiger partial charge on any atom is -0.480 e. The van der Waals surface area contributed by atoms with E-state index in [1.165, 1.54) is 0 Å². The van der Waals surface area contributed by atoms with Crippen LogP contribution in [-0.4, -0.2) is 30.3 Å². The monoisotopic (exact) mass is 275 g/mol. The van der Waals surface area contributed by atoms with Gasteiger partial charge in [0.25, 0.3) is 0 Å². The van der Waals surface area contributed by atoms with Crippen molar-refractivity contribution >= 4 is 29.2 Å². The van der Waals surface area contributed by atoms with Gasteiger partial charge in [-0.3, -0.25) is 10.1 Å². The summed E-state index contributed by atoms with van der Waals surface area (Å²) in [6, 6.07) is 4.61. The van der Waals surface area contributed by atoms with E-state index in [-0.39, 0.29) is 12.7 Å². The number of carboxylic acids is 1. The van der Waals surface area contributed by atoms with Crippen LogP contribution in [0, 0.1) is 0 Å². The Kier molecular flexibility index (Phi) is 3.89.